The van der Waals surface area contributed by atoms with Gasteiger partial charge in [-0.05, 0) is 36.8 Å². The molecule has 0 aliphatic heterocycles. The van der Waals surface area contributed by atoms with Crippen molar-refractivity contribution < 1.29 is 27.4 Å². The van der Waals surface area contributed by atoms with Crippen molar-refractivity contribution >= 4 is 17.6 Å². The highest BCUT2D eigenvalue weighted by atomic mass is 19.4. The monoisotopic (exact) mass is 475 g/mol. The molecule has 180 valence electrons. The van der Waals surface area contributed by atoms with Crippen LogP contribution in [0.25, 0.3) is 0 Å². The van der Waals surface area contributed by atoms with E-state index in [1.807, 2.05) is 31.2 Å². The average molecular weight is 475 g/mol. The first-order valence-electron chi connectivity index (χ1n) is 10.4. The highest BCUT2D eigenvalue weighted by Crippen LogP contribution is 2.23. The van der Waals surface area contributed by atoms with E-state index in [4.69, 9.17) is 14.2 Å². The van der Waals surface area contributed by atoms with Crippen molar-refractivity contribution in [2.75, 3.05) is 30.5 Å². The summed E-state index contributed by atoms with van der Waals surface area (Å²) < 4.78 is 53.5. The lowest BCUT2D eigenvalue weighted by Crippen LogP contribution is -2.21. The first kappa shape index (κ1) is 24.6. The van der Waals surface area contributed by atoms with E-state index >= 15 is 0 Å². The fourth-order valence-corrected chi connectivity index (χ4v) is 2.70. The summed E-state index contributed by atoms with van der Waals surface area (Å²) in [6.45, 7) is 5.16. The van der Waals surface area contributed by atoms with E-state index in [2.05, 4.69) is 32.2 Å². The van der Waals surface area contributed by atoms with Gasteiger partial charge in [0.2, 0.25) is 11.9 Å². The van der Waals surface area contributed by atoms with Crippen LogP contribution in [0.15, 0.2) is 61.2 Å². The van der Waals surface area contributed by atoms with E-state index in [1.165, 1.54) is 0 Å². The topological polar surface area (TPSA) is 90.4 Å². The number of anilines is 3. The molecule has 11 heteroatoms. The van der Waals surface area contributed by atoms with Gasteiger partial charge < -0.3 is 24.8 Å². The van der Waals surface area contributed by atoms with E-state index in [-0.39, 0.29) is 11.9 Å². The van der Waals surface area contributed by atoms with Crippen LogP contribution >= 0.6 is 0 Å². The van der Waals surface area contributed by atoms with E-state index in [0.29, 0.717) is 31.2 Å². The molecule has 0 saturated carbocycles. The van der Waals surface area contributed by atoms with Crippen molar-refractivity contribution in [2.45, 2.75) is 19.6 Å². The Hall–Kier alpha value is -4.02. The molecule has 2 N–H and O–H groups in total. The van der Waals surface area contributed by atoms with Gasteiger partial charge in [-0.2, -0.15) is 28.1 Å². The van der Waals surface area contributed by atoms with Crippen LogP contribution in [0.4, 0.5) is 30.8 Å². The second-order valence-corrected chi connectivity index (χ2v) is 6.85. The molecule has 0 atom stereocenters. The van der Waals surface area contributed by atoms with E-state index in [9.17, 15) is 13.2 Å². The van der Waals surface area contributed by atoms with Gasteiger partial charge in [-0.25, -0.2) is 0 Å². The van der Waals surface area contributed by atoms with Gasteiger partial charge in [0.05, 0.1) is 6.61 Å². The third kappa shape index (κ3) is 8.15. The predicted octanol–water partition coefficient (Wildman–Crippen LogP) is 5.13. The molecule has 0 aliphatic rings. The van der Waals surface area contributed by atoms with Gasteiger partial charge in [0.25, 0.3) is 0 Å². The normalized spacial score (nSPS) is 10.9. The molecule has 1 aromatic heterocycles. The highest BCUT2D eigenvalue weighted by Gasteiger charge is 2.29. The molecule has 0 spiro atoms. The maximum Gasteiger partial charge on any atom is 0.422 e. The van der Waals surface area contributed by atoms with Crippen LogP contribution in [0.1, 0.15) is 12.5 Å². The van der Waals surface area contributed by atoms with Crippen molar-refractivity contribution in [3.8, 4) is 17.5 Å². The van der Waals surface area contributed by atoms with Gasteiger partial charge in [0.15, 0.2) is 6.61 Å². The Morgan fingerprint density at radius 2 is 1.71 bits per heavy atom. The number of halogens is 3. The minimum absolute atomic E-state index is 0.00207. The summed E-state index contributed by atoms with van der Waals surface area (Å²) in [5.74, 6) is 1.35. The number of ether oxygens (including phenoxy) is 3. The van der Waals surface area contributed by atoms with Gasteiger partial charge in [-0.1, -0.05) is 30.9 Å². The van der Waals surface area contributed by atoms with Crippen LogP contribution in [-0.2, 0) is 6.54 Å². The lowest BCUT2D eigenvalue weighted by Gasteiger charge is -2.12. The molecular formula is C23H24F3N5O3. The minimum Gasteiger partial charge on any atom is -0.494 e. The smallest absolute Gasteiger partial charge is 0.422 e. The van der Waals surface area contributed by atoms with Crippen molar-refractivity contribution in [2.24, 2.45) is 0 Å². The van der Waals surface area contributed by atoms with Crippen LogP contribution in [0, 0.1) is 0 Å². The van der Waals surface area contributed by atoms with Gasteiger partial charge in [0.1, 0.15) is 18.1 Å². The first-order valence-corrected chi connectivity index (χ1v) is 10.4. The second-order valence-electron chi connectivity index (χ2n) is 6.85. The zero-order chi connectivity index (χ0) is 24.4. The Balaban J connectivity index is 1.76. The Kier molecular flexibility index (Phi) is 8.49. The third-order valence-corrected chi connectivity index (χ3v) is 4.12. The average Bonchev–Trinajstić information content (AvgIpc) is 2.81. The predicted molar refractivity (Wildman–Crippen MR) is 122 cm³/mol. The van der Waals surface area contributed by atoms with Crippen LogP contribution < -0.4 is 24.8 Å². The van der Waals surface area contributed by atoms with E-state index in [0.717, 1.165) is 11.3 Å². The molecule has 34 heavy (non-hydrogen) atoms. The minimum atomic E-state index is -4.53. The summed E-state index contributed by atoms with van der Waals surface area (Å²) in [5, 5.41) is 5.91. The van der Waals surface area contributed by atoms with Crippen LogP contribution in [0.2, 0.25) is 0 Å². The lowest BCUT2D eigenvalue weighted by atomic mass is 10.2. The number of benzene rings is 2. The maximum atomic E-state index is 12.6. The lowest BCUT2D eigenvalue weighted by molar-refractivity contribution is -0.154. The van der Waals surface area contributed by atoms with Crippen molar-refractivity contribution in [1.29, 1.82) is 0 Å². The van der Waals surface area contributed by atoms with Gasteiger partial charge in [-0.3, -0.25) is 0 Å². The van der Waals surface area contributed by atoms with E-state index < -0.39 is 18.8 Å². The number of rotatable bonds is 12. The number of nitrogens with one attached hydrogen (secondary N) is 2. The number of hydrogen-bond acceptors (Lipinski definition) is 8. The summed E-state index contributed by atoms with van der Waals surface area (Å²) >= 11 is 0. The summed E-state index contributed by atoms with van der Waals surface area (Å²) in [4.78, 5) is 12.1. The zero-order valence-corrected chi connectivity index (χ0v) is 18.4. The Morgan fingerprint density at radius 3 is 2.41 bits per heavy atom. The van der Waals surface area contributed by atoms with Crippen molar-refractivity contribution in [1.82, 2.24) is 15.0 Å². The quantitative estimate of drug-likeness (QED) is 0.349. The third-order valence-electron chi connectivity index (χ3n) is 4.12. The molecule has 0 radical (unpaired) electrons. The number of nitrogens with zero attached hydrogens (tertiary/aromatic N) is 3. The molecule has 0 amide bonds. The van der Waals surface area contributed by atoms with Crippen LogP contribution in [0.5, 0.6) is 17.5 Å². The Morgan fingerprint density at radius 1 is 0.941 bits per heavy atom. The molecule has 0 fully saturated rings. The standard InChI is InChI=1S/C23H24F3N5O3/c1-3-12-33-19-7-5-6-17(13-19)28-21-29-20(30-22(31-21)34-15-23(24,25)26)27-14-16-8-10-18(11-9-16)32-4-2/h3,5-11,13H,1,4,12,14-15H2,2H3,(H2,27,28,29,30,31). The Labute approximate surface area is 194 Å². The number of aromatic nitrogens is 3. The fraction of sp³-hybridized carbons (Fsp3) is 0.261. The second kappa shape index (κ2) is 11.7. The molecule has 0 unspecified atom stereocenters. The summed E-state index contributed by atoms with van der Waals surface area (Å²) in [6, 6.07) is 13.8. The van der Waals surface area contributed by atoms with Gasteiger partial charge in [0, 0.05) is 18.3 Å². The molecule has 0 saturated heterocycles. The number of hydrogen-bond donors (Lipinski definition) is 2. The molecular weight excluding hydrogens is 451 g/mol. The highest BCUT2D eigenvalue weighted by molar-refractivity contribution is 5.56. The van der Waals surface area contributed by atoms with Crippen LogP contribution in [-0.4, -0.2) is 40.9 Å². The van der Waals surface area contributed by atoms with E-state index in [1.54, 1.807) is 30.3 Å². The van der Waals surface area contributed by atoms with Gasteiger partial charge in [-0.15, -0.1) is 0 Å². The molecule has 2 aromatic carbocycles. The molecule has 3 rings (SSSR count). The summed E-state index contributed by atoms with van der Waals surface area (Å²) in [5.41, 5.74) is 1.45. The zero-order valence-electron chi connectivity index (χ0n) is 18.4. The van der Waals surface area contributed by atoms with Crippen molar-refractivity contribution in [3.05, 3.63) is 66.7 Å². The first-order chi connectivity index (χ1) is 16.3. The van der Waals surface area contributed by atoms with Crippen LogP contribution in [0.3, 0.4) is 0 Å². The summed E-state index contributed by atoms with van der Waals surface area (Å²) in [7, 11) is 0. The number of alkyl halides is 3. The largest absolute Gasteiger partial charge is 0.494 e. The maximum absolute atomic E-state index is 12.6. The van der Waals surface area contributed by atoms with Gasteiger partial charge >= 0.3 is 12.2 Å². The molecule has 0 bridgehead atoms. The molecule has 1 heterocycles. The fourth-order valence-electron chi connectivity index (χ4n) is 2.70. The molecule has 0 aliphatic carbocycles. The Bertz CT molecular complexity index is 1080. The SMILES string of the molecule is C=CCOc1cccc(Nc2nc(NCc3ccc(OCC)cc3)nc(OCC(F)(F)F)n2)c1. The van der Waals surface area contributed by atoms with Crippen molar-refractivity contribution in [3.63, 3.8) is 0 Å². The molecule has 3 aromatic rings. The molecule has 8 nitrogen and oxygen atoms in total. The summed E-state index contributed by atoms with van der Waals surface area (Å²) in [6.07, 6.45) is -2.92.